The third-order valence-electron chi connectivity index (χ3n) is 2.46. The molecule has 0 spiro atoms. The van der Waals surface area contributed by atoms with Gasteiger partial charge in [0.2, 0.25) is 0 Å². The molecule has 0 bridgehead atoms. The highest BCUT2D eigenvalue weighted by atomic mass is 79.9. The Balaban J connectivity index is 2.00. The van der Waals surface area contributed by atoms with Crippen LogP contribution in [0.1, 0.15) is 16.1 Å². The van der Waals surface area contributed by atoms with Gasteiger partial charge >= 0.3 is 0 Å². The molecule has 3 nitrogen and oxygen atoms in total. The van der Waals surface area contributed by atoms with E-state index in [0.717, 1.165) is 16.5 Å². The second-order valence-corrected chi connectivity index (χ2v) is 4.55. The molecule has 1 aromatic heterocycles. The van der Waals surface area contributed by atoms with Crippen LogP contribution in [-0.4, -0.2) is 17.9 Å². The molecule has 1 aromatic carbocycles. The van der Waals surface area contributed by atoms with Crippen LogP contribution < -0.4 is 4.74 Å². The number of hydrogen-bond acceptors (Lipinski definition) is 3. The summed E-state index contributed by atoms with van der Waals surface area (Å²) >= 11 is 3.37. The Morgan fingerprint density at radius 2 is 2.11 bits per heavy atom. The van der Waals surface area contributed by atoms with Crippen LogP contribution in [0.15, 0.2) is 47.1 Å². The summed E-state index contributed by atoms with van der Waals surface area (Å²) < 4.78 is 6.43. The molecule has 2 rings (SSSR count). The Hall–Kier alpha value is -1.68. The van der Waals surface area contributed by atoms with Gasteiger partial charge in [0.05, 0.1) is 16.6 Å². The number of ether oxygens (including phenoxy) is 1. The molecule has 0 aliphatic heterocycles. The van der Waals surface area contributed by atoms with Crippen LogP contribution in [0.2, 0.25) is 0 Å². The minimum absolute atomic E-state index is 0.487. The highest BCUT2D eigenvalue weighted by Gasteiger charge is 2.07. The van der Waals surface area contributed by atoms with Crippen molar-refractivity contribution < 1.29 is 9.53 Å². The van der Waals surface area contributed by atoms with E-state index in [2.05, 4.69) is 20.9 Å². The second-order valence-electron chi connectivity index (χ2n) is 3.70. The average Bonchev–Trinajstić information content (AvgIpc) is 2.41. The van der Waals surface area contributed by atoms with E-state index >= 15 is 0 Å². The molecule has 0 N–H and O–H groups in total. The zero-order valence-electron chi connectivity index (χ0n) is 9.67. The predicted octanol–water partition coefficient (Wildman–Crippen LogP) is 3.28. The number of aromatic nitrogens is 1. The highest BCUT2D eigenvalue weighted by Crippen LogP contribution is 2.27. The maximum absolute atomic E-state index is 10.9. The van der Waals surface area contributed by atoms with E-state index in [9.17, 15) is 4.79 Å². The van der Waals surface area contributed by atoms with Crippen molar-refractivity contribution >= 4 is 22.2 Å². The van der Waals surface area contributed by atoms with Crippen molar-refractivity contribution in [2.45, 2.75) is 6.42 Å². The van der Waals surface area contributed by atoms with Crippen LogP contribution in [0, 0.1) is 0 Å². The number of para-hydroxylation sites is 1. The van der Waals surface area contributed by atoms with E-state index in [1.54, 1.807) is 18.3 Å². The Kier molecular flexibility index (Phi) is 4.47. The molecule has 0 atom stereocenters. The molecule has 4 heteroatoms. The van der Waals surface area contributed by atoms with Crippen molar-refractivity contribution in [1.82, 2.24) is 4.98 Å². The van der Waals surface area contributed by atoms with Crippen molar-refractivity contribution in [1.29, 1.82) is 0 Å². The monoisotopic (exact) mass is 305 g/mol. The van der Waals surface area contributed by atoms with Gasteiger partial charge in [-0.15, -0.1) is 0 Å². The molecule has 0 saturated carbocycles. The smallest absolute Gasteiger partial charge is 0.153 e. The summed E-state index contributed by atoms with van der Waals surface area (Å²) in [5.74, 6) is 0.587. The molecule has 0 saturated heterocycles. The quantitative estimate of drug-likeness (QED) is 0.796. The molecule has 1 heterocycles. The van der Waals surface area contributed by atoms with Crippen molar-refractivity contribution in [2.24, 2.45) is 0 Å². The first-order chi connectivity index (χ1) is 8.81. The van der Waals surface area contributed by atoms with Crippen molar-refractivity contribution in [2.75, 3.05) is 6.61 Å². The van der Waals surface area contributed by atoms with Gasteiger partial charge in [0.25, 0.3) is 0 Å². The van der Waals surface area contributed by atoms with E-state index < -0.39 is 0 Å². The number of rotatable bonds is 5. The maximum atomic E-state index is 10.9. The normalized spacial score (nSPS) is 10.1. The first-order valence-corrected chi connectivity index (χ1v) is 6.37. The fourth-order valence-corrected chi connectivity index (χ4v) is 2.07. The molecular weight excluding hydrogens is 294 g/mol. The van der Waals surface area contributed by atoms with Crippen molar-refractivity contribution in [3.63, 3.8) is 0 Å². The number of carbonyl (C=O) groups excluding carboxylic acids is 1. The molecule has 0 radical (unpaired) electrons. The van der Waals surface area contributed by atoms with Crippen LogP contribution in [0.4, 0.5) is 0 Å². The van der Waals surface area contributed by atoms with E-state index in [1.165, 1.54) is 0 Å². The summed E-state index contributed by atoms with van der Waals surface area (Å²) in [6, 6.07) is 11.2. The lowest BCUT2D eigenvalue weighted by Gasteiger charge is -2.09. The van der Waals surface area contributed by atoms with E-state index in [0.29, 0.717) is 24.3 Å². The minimum atomic E-state index is 0.487. The Morgan fingerprint density at radius 3 is 2.83 bits per heavy atom. The lowest BCUT2D eigenvalue weighted by atomic mass is 10.2. The summed E-state index contributed by atoms with van der Waals surface area (Å²) in [6.07, 6.45) is 3.26. The van der Waals surface area contributed by atoms with Crippen molar-refractivity contribution in [3.8, 4) is 5.75 Å². The van der Waals surface area contributed by atoms with Gasteiger partial charge in [-0.3, -0.25) is 9.78 Å². The number of pyridine rings is 1. The lowest BCUT2D eigenvalue weighted by molar-refractivity contribution is 0.111. The van der Waals surface area contributed by atoms with Gasteiger partial charge in [0.1, 0.15) is 5.75 Å². The number of aldehydes is 1. The van der Waals surface area contributed by atoms with Crippen LogP contribution in [0.3, 0.4) is 0 Å². The average molecular weight is 306 g/mol. The number of halogens is 1. The number of nitrogens with zero attached hydrogens (tertiary/aromatic N) is 1. The Bertz CT molecular complexity index is 529. The summed E-state index contributed by atoms with van der Waals surface area (Å²) in [5, 5.41) is 0. The third-order valence-corrected chi connectivity index (χ3v) is 3.08. The SMILES string of the molecule is O=Cc1cccc(Br)c1OCCc1ccccn1. The molecule has 2 aromatic rings. The zero-order chi connectivity index (χ0) is 12.8. The molecule has 0 amide bonds. The van der Waals surface area contributed by atoms with Gasteiger partial charge in [-0.1, -0.05) is 12.1 Å². The summed E-state index contributed by atoms with van der Waals surface area (Å²) in [6.45, 7) is 0.487. The number of benzene rings is 1. The fraction of sp³-hybridized carbons (Fsp3) is 0.143. The van der Waals surface area contributed by atoms with Crippen LogP contribution in [-0.2, 0) is 6.42 Å². The molecule has 0 unspecified atom stereocenters. The Labute approximate surface area is 114 Å². The third kappa shape index (κ3) is 3.17. The minimum Gasteiger partial charge on any atom is -0.491 e. The zero-order valence-corrected chi connectivity index (χ0v) is 11.3. The van der Waals surface area contributed by atoms with Gasteiger partial charge in [-0.25, -0.2) is 0 Å². The summed E-state index contributed by atoms with van der Waals surface area (Å²) in [7, 11) is 0. The van der Waals surface area contributed by atoms with Gasteiger partial charge in [-0.05, 0) is 40.2 Å². The maximum Gasteiger partial charge on any atom is 0.153 e. The first-order valence-electron chi connectivity index (χ1n) is 5.57. The van der Waals surface area contributed by atoms with Gasteiger partial charge < -0.3 is 4.74 Å². The Morgan fingerprint density at radius 1 is 1.22 bits per heavy atom. The molecular formula is C14H12BrNO2. The molecule has 92 valence electrons. The lowest BCUT2D eigenvalue weighted by Crippen LogP contribution is -2.04. The molecule has 0 fully saturated rings. The van der Waals surface area contributed by atoms with Gasteiger partial charge in [-0.2, -0.15) is 0 Å². The van der Waals surface area contributed by atoms with E-state index in [1.807, 2.05) is 24.3 Å². The van der Waals surface area contributed by atoms with Gasteiger partial charge in [0.15, 0.2) is 6.29 Å². The molecule has 0 aliphatic carbocycles. The summed E-state index contributed by atoms with van der Waals surface area (Å²) in [5.41, 5.74) is 1.52. The van der Waals surface area contributed by atoms with Crippen LogP contribution in [0.5, 0.6) is 5.75 Å². The summed E-state index contributed by atoms with van der Waals surface area (Å²) in [4.78, 5) is 15.1. The molecule has 0 aliphatic rings. The van der Waals surface area contributed by atoms with E-state index in [4.69, 9.17) is 4.74 Å². The largest absolute Gasteiger partial charge is 0.491 e. The van der Waals surface area contributed by atoms with Crippen molar-refractivity contribution in [3.05, 3.63) is 58.3 Å². The standard InChI is InChI=1S/C14H12BrNO2/c15-13-6-3-4-11(10-17)14(13)18-9-7-12-5-1-2-8-16-12/h1-6,8,10H,7,9H2. The number of carbonyl (C=O) groups is 1. The number of hydrogen-bond donors (Lipinski definition) is 0. The van der Waals surface area contributed by atoms with Crippen LogP contribution >= 0.6 is 15.9 Å². The highest BCUT2D eigenvalue weighted by molar-refractivity contribution is 9.10. The topological polar surface area (TPSA) is 39.2 Å². The van der Waals surface area contributed by atoms with Gasteiger partial charge in [0, 0.05) is 18.3 Å². The second kappa shape index (κ2) is 6.31. The van der Waals surface area contributed by atoms with Crippen LogP contribution in [0.25, 0.3) is 0 Å². The predicted molar refractivity (Wildman–Crippen MR) is 73.0 cm³/mol. The fourth-order valence-electron chi connectivity index (χ4n) is 1.57. The van der Waals surface area contributed by atoms with E-state index in [-0.39, 0.29) is 0 Å². The first kappa shape index (κ1) is 12.8. The molecule has 18 heavy (non-hydrogen) atoms.